The molecule has 3 saturated heterocycles. The highest BCUT2D eigenvalue weighted by atomic mass is 16.5. The van der Waals surface area contributed by atoms with Crippen molar-refractivity contribution in [2.24, 2.45) is 5.92 Å². The van der Waals surface area contributed by atoms with E-state index in [1.54, 1.807) is 0 Å². The van der Waals surface area contributed by atoms with Gasteiger partial charge in [0.05, 0.1) is 5.60 Å². The van der Waals surface area contributed by atoms with E-state index in [-0.39, 0.29) is 11.5 Å². The van der Waals surface area contributed by atoms with Crippen LogP contribution in [0.2, 0.25) is 0 Å². The Morgan fingerprint density at radius 3 is 2.70 bits per heavy atom. The summed E-state index contributed by atoms with van der Waals surface area (Å²) < 4.78 is 11.1. The molecule has 2 atom stereocenters. The van der Waals surface area contributed by atoms with E-state index in [0.717, 1.165) is 58.5 Å². The monoisotopic (exact) mass is 283 g/mol. The average molecular weight is 283 g/mol. The second kappa shape index (κ2) is 6.00. The van der Waals surface area contributed by atoms with Gasteiger partial charge in [-0.05, 0) is 38.0 Å². The molecule has 1 spiro atoms. The highest BCUT2D eigenvalue weighted by Gasteiger charge is 2.46. The molecule has 0 aromatic rings. The van der Waals surface area contributed by atoms with E-state index in [1.807, 2.05) is 4.90 Å². The molecule has 0 bridgehead atoms. The smallest absolute Gasteiger partial charge is 0.222 e. The lowest BCUT2D eigenvalue weighted by Gasteiger charge is -2.43. The average Bonchev–Trinajstić information content (AvgIpc) is 2.93. The Bertz CT molecular complexity index is 348. The zero-order chi connectivity index (χ0) is 14.0. The zero-order valence-corrected chi connectivity index (χ0v) is 12.1. The molecule has 5 heteroatoms. The second-order valence-corrected chi connectivity index (χ2v) is 6.38. The number of carbonyl (C=O) groups is 1. The number of amides is 1. The van der Waals surface area contributed by atoms with Crippen LogP contribution in [0.3, 0.4) is 0 Å². The molecule has 1 amide bonds. The summed E-state index contributed by atoms with van der Waals surface area (Å²) >= 11 is 0. The number of hydrogen-bond donors (Lipinski definition) is 1. The maximum absolute atomic E-state index is 12.3. The first-order valence-corrected chi connectivity index (χ1v) is 7.87. The lowest BCUT2D eigenvalue weighted by molar-refractivity contribution is -0.153. The molecule has 3 aliphatic heterocycles. The van der Waals surface area contributed by atoms with Gasteiger partial charge in [0.15, 0.2) is 0 Å². The van der Waals surface area contributed by atoms with Crippen molar-refractivity contribution in [2.45, 2.75) is 50.2 Å². The number of ether oxygens (including phenoxy) is 2. The van der Waals surface area contributed by atoms with E-state index in [1.165, 1.54) is 0 Å². The van der Waals surface area contributed by atoms with Crippen molar-refractivity contribution in [1.82, 2.24) is 4.90 Å². The third kappa shape index (κ3) is 2.85. The van der Waals surface area contributed by atoms with Crippen molar-refractivity contribution in [3.63, 3.8) is 0 Å². The number of rotatable bonds is 2. The molecule has 0 unspecified atom stereocenters. The lowest BCUT2D eigenvalue weighted by atomic mass is 9.85. The summed E-state index contributed by atoms with van der Waals surface area (Å²) in [6, 6.07) is 0. The largest absolute Gasteiger partial charge is 0.388 e. The Morgan fingerprint density at radius 2 is 2.05 bits per heavy atom. The fourth-order valence-electron chi connectivity index (χ4n) is 3.69. The molecule has 0 aliphatic carbocycles. The van der Waals surface area contributed by atoms with Crippen LogP contribution < -0.4 is 0 Å². The maximum atomic E-state index is 12.3. The third-order valence-corrected chi connectivity index (χ3v) is 5.10. The molecule has 20 heavy (non-hydrogen) atoms. The molecule has 0 saturated carbocycles. The van der Waals surface area contributed by atoms with Gasteiger partial charge in [-0.3, -0.25) is 4.79 Å². The molecule has 0 aromatic heterocycles. The first-order chi connectivity index (χ1) is 9.70. The van der Waals surface area contributed by atoms with Crippen LogP contribution in [0.1, 0.15) is 38.5 Å². The number of carbonyl (C=O) groups excluding carboxylic acids is 1. The van der Waals surface area contributed by atoms with E-state index in [0.29, 0.717) is 18.9 Å². The van der Waals surface area contributed by atoms with E-state index in [9.17, 15) is 9.90 Å². The van der Waals surface area contributed by atoms with Gasteiger partial charge in [-0.2, -0.15) is 0 Å². The summed E-state index contributed by atoms with van der Waals surface area (Å²) in [7, 11) is 0. The molecule has 3 heterocycles. The summed E-state index contributed by atoms with van der Waals surface area (Å²) in [5.74, 6) is 0.635. The topological polar surface area (TPSA) is 59.0 Å². The van der Waals surface area contributed by atoms with E-state index in [2.05, 4.69) is 0 Å². The van der Waals surface area contributed by atoms with Crippen molar-refractivity contribution in [1.29, 1.82) is 0 Å². The Labute approximate surface area is 120 Å². The molecular weight excluding hydrogens is 258 g/mol. The van der Waals surface area contributed by atoms with Gasteiger partial charge < -0.3 is 19.5 Å². The molecule has 114 valence electrons. The number of piperidine rings is 1. The first-order valence-electron chi connectivity index (χ1n) is 7.87. The van der Waals surface area contributed by atoms with Crippen molar-refractivity contribution in [3.05, 3.63) is 0 Å². The van der Waals surface area contributed by atoms with Crippen molar-refractivity contribution >= 4 is 5.91 Å². The third-order valence-electron chi connectivity index (χ3n) is 5.10. The maximum Gasteiger partial charge on any atom is 0.222 e. The van der Waals surface area contributed by atoms with Gasteiger partial charge in [0.2, 0.25) is 5.91 Å². The van der Waals surface area contributed by atoms with Crippen LogP contribution in [0.4, 0.5) is 0 Å². The number of nitrogens with zero attached hydrogens (tertiary/aromatic N) is 1. The Kier molecular flexibility index (Phi) is 4.29. The van der Waals surface area contributed by atoms with Gasteiger partial charge in [-0.1, -0.05) is 0 Å². The van der Waals surface area contributed by atoms with Crippen molar-refractivity contribution in [2.75, 3.05) is 32.9 Å². The van der Waals surface area contributed by atoms with Gasteiger partial charge >= 0.3 is 0 Å². The Morgan fingerprint density at radius 1 is 1.25 bits per heavy atom. The molecule has 3 fully saturated rings. The van der Waals surface area contributed by atoms with Crippen LogP contribution in [0, 0.1) is 5.92 Å². The first kappa shape index (κ1) is 14.3. The molecule has 1 N–H and O–H groups in total. The summed E-state index contributed by atoms with van der Waals surface area (Å²) in [5.41, 5.74) is -0.366. The fraction of sp³-hybridized carbons (Fsp3) is 0.933. The zero-order valence-electron chi connectivity index (χ0n) is 12.1. The molecule has 0 aromatic carbocycles. The molecule has 0 radical (unpaired) electrons. The number of aliphatic hydroxyl groups excluding tert-OH is 1. The van der Waals surface area contributed by atoms with Gasteiger partial charge in [-0.15, -0.1) is 0 Å². The fourth-order valence-corrected chi connectivity index (χ4v) is 3.69. The number of likely N-dealkylation sites (tertiary alicyclic amines) is 1. The SMILES string of the molecule is O=C(CC1CCOCC1)N1CC[C@@]2(CCCO2)[C@@H](O)C1. The highest BCUT2D eigenvalue weighted by molar-refractivity contribution is 5.76. The Hall–Kier alpha value is -0.650. The molecule has 3 rings (SSSR count). The van der Waals surface area contributed by atoms with Crippen LogP contribution in [-0.2, 0) is 14.3 Å². The lowest BCUT2D eigenvalue weighted by Crippen LogP contribution is -2.56. The summed E-state index contributed by atoms with van der Waals surface area (Å²) in [4.78, 5) is 14.2. The van der Waals surface area contributed by atoms with Gasteiger partial charge in [-0.25, -0.2) is 0 Å². The van der Waals surface area contributed by atoms with Crippen molar-refractivity contribution < 1.29 is 19.4 Å². The molecule has 3 aliphatic rings. The standard InChI is InChI=1S/C15H25NO4/c17-13-11-16(6-5-15(13)4-1-7-20-15)14(18)10-12-2-8-19-9-3-12/h12-13,17H,1-11H2/t13-,15-/m0/s1. The van der Waals surface area contributed by atoms with Crippen LogP contribution in [-0.4, -0.2) is 60.5 Å². The minimum atomic E-state index is -0.530. The predicted molar refractivity (Wildman–Crippen MR) is 73.3 cm³/mol. The van der Waals surface area contributed by atoms with Crippen LogP contribution in [0.5, 0.6) is 0 Å². The minimum absolute atomic E-state index is 0.184. The van der Waals surface area contributed by atoms with E-state index in [4.69, 9.17) is 9.47 Å². The van der Waals surface area contributed by atoms with Crippen molar-refractivity contribution in [3.8, 4) is 0 Å². The van der Waals surface area contributed by atoms with Gasteiger partial charge in [0, 0.05) is 39.3 Å². The number of β-amino-alcohol motifs (C(OH)–C–C–N with tert-alkyl or cyclic N) is 1. The summed E-state index contributed by atoms with van der Waals surface area (Å²) in [6.07, 6.45) is 4.75. The highest BCUT2D eigenvalue weighted by Crippen LogP contribution is 2.36. The predicted octanol–water partition coefficient (Wildman–Crippen LogP) is 0.946. The minimum Gasteiger partial charge on any atom is -0.388 e. The van der Waals surface area contributed by atoms with Gasteiger partial charge in [0.25, 0.3) is 0 Å². The van der Waals surface area contributed by atoms with Crippen LogP contribution >= 0.6 is 0 Å². The van der Waals surface area contributed by atoms with E-state index < -0.39 is 6.10 Å². The van der Waals surface area contributed by atoms with Gasteiger partial charge in [0.1, 0.15) is 6.10 Å². The quantitative estimate of drug-likeness (QED) is 0.819. The normalized spacial score (nSPS) is 35.6. The van der Waals surface area contributed by atoms with E-state index >= 15 is 0 Å². The second-order valence-electron chi connectivity index (χ2n) is 6.38. The summed E-state index contributed by atoms with van der Waals surface area (Å²) in [6.45, 7) is 3.45. The Balaban J connectivity index is 1.52. The molecular formula is C15H25NO4. The van der Waals surface area contributed by atoms with Crippen LogP contribution in [0.15, 0.2) is 0 Å². The summed E-state index contributed by atoms with van der Waals surface area (Å²) in [5, 5.41) is 10.3. The van der Waals surface area contributed by atoms with Crippen LogP contribution in [0.25, 0.3) is 0 Å². The molecule has 5 nitrogen and oxygen atoms in total. The number of aliphatic hydroxyl groups is 1. The number of hydrogen-bond acceptors (Lipinski definition) is 4.